The second-order valence-corrected chi connectivity index (χ2v) is 5.91. The summed E-state index contributed by atoms with van der Waals surface area (Å²) in [5.74, 6) is 0.101. The average molecular weight is 378 g/mol. The Morgan fingerprint density at radius 1 is 0.962 bits per heavy atom. The van der Waals surface area contributed by atoms with Crippen molar-refractivity contribution < 1.29 is 24.2 Å². The molecular weight excluding hydrogens is 358 g/mol. The predicted octanol–water partition coefficient (Wildman–Crippen LogP) is 3.28. The molecule has 0 radical (unpaired) electrons. The number of carbonyl (C=O) groups is 2. The van der Waals surface area contributed by atoms with Gasteiger partial charge in [0.05, 0.1) is 6.42 Å². The summed E-state index contributed by atoms with van der Waals surface area (Å²) in [6, 6.07) is 14.4. The first-order valence-corrected chi connectivity index (χ1v) is 8.49. The molecule has 2 aromatic carbocycles. The third kappa shape index (κ3) is 7.44. The molecule has 0 saturated heterocycles. The quantitative estimate of drug-likeness (QED) is 0.621. The van der Waals surface area contributed by atoms with E-state index in [9.17, 15) is 9.59 Å². The molecule has 0 atom stereocenters. The highest BCUT2D eigenvalue weighted by Crippen LogP contribution is 2.16. The lowest BCUT2D eigenvalue weighted by Crippen LogP contribution is -2.23. The van der Waals surface area contributed by atoms with E-state index < -0.39 is 5.97 Å². The maximum absolute atomic E-state index is 11.5. The number of ether oxygens (including phenoxy) is 2. The number of nitrogens with one attached hydrogen (secondary N) is 1. The maximum Gasteiger partial charge on any atom is 0.303 e. The molecule has 0 aromatic heterocycles. The van der Waals surface area contributed by atoms with E-state index in [2.05, 4.69) is 5.32 Å². The molecule has 0 fully saturated rings. The summed E-state index contributed by atoms with van der Waals surface area (Å²) in [5, 5.41) is 11.9. The first-order chi connectivity index (χ1) is 12.5. The smallest absolute Gasteiger partial charge is 0.303 e. The normalized spacial score (nSPS) is 10.2. The van der Waals surface area contributed by atoms with Crippen LogP contribution in [0.15, 0.2) is 48.5 Å². The van der Waals surface area contributed by atoms with Crippen molar-refractivity contribution in [1.29, 1.82) is 0 Å². The SMILES string of the molecule is O=C(O)CCC(=O)NCc1cccc(OCCOc2ccc(Cl)cc2)c1. The molecule has 0 aliphatic heterocycles. The van der Waals surface area contributed by atoms with Gasteiger partial charge in [0, 0.05) is 18.0 Å². The van der Waals surface area contributed by atoms with E-state index >= 15 is 0 Å². The molecule has 7 heteroatoms. The predicted molar refractivity (Wildman–Crippen MR) is 97.6 cm³/mol. The van der Waals surface area contributed by atoms with Crippen LogP contribution in [0.25, 0.3) is 0 Å². The molecule has 0 unspecified atom stereocenters. The zero-order valence-electron chi connectivity index (χ0n) is 14.1. The largest absolute Gasteiger partial charge is 0.490 e. The van der Waals surface area contributed by atoms with E-state index in [1.165, 1.54) is 0 Å². The molecule has 2 N–H and O–H groups in total. The van der Waals surface area contributed by atoms with Crippen LogP contribution in [0.4, 0.5) is 0 Å². The van der Waals surface area contributed by atoms with Gasteiger partial charge >= 0.3 is 5.97 Å². The molecule has 138 valence electrons. The van der Waals surface area contributed by atoms with Crippen LogP contribution in [0.5, 0.6) is 11.5 Å². The van der Waals surface area contributed by atoms with Crippen molar-refractivity contribution in [2.75, 3.05) is 13.2 Å². The van der Waals surface area contributed by atoms with Gasteiger partial charge in [-0.05, 0) is 42.0 Å². The summed E-state index contributed by atoms with van der Waals surface area (Å²) >= 11 is 5.81. The number of aliphatic carboxylic acids is 1. The fourth-order valence-electron chi connectivity index (χ4n) is 2.10. The number of hydrogen-bond acceptors (Lipinski definition) is 4. The van der Waals surface area contributed by atoms with Crippen LogP contribution in [0.1, 0.15) is 18.4 Å². The minimum absolute atomic E-state index is 0.0342. The fourth-order valence-corrected chi connectivity index (χ4v) is 2.23. The number of rotatable bonds is 10. The Hall–Kier alpha value is -2.73. The molecule has 26 heavy (non-hydrogen) atoms. The van der Waals surface area contributed by atoms with Crippen LogP contribution in [-0.4, -0.2) is 30.2 Å². The van der Waals surface area contributed by atoms with E-state index in [1.54, 1.807) is 24.3 Å². The van der Waals surface area contributed by atoms with E-state index in [4.69, 9.17) is 26.2 Å². The Bertz CT molecular complexity index is 733. The van der Waals surface area contributed by atoms with Gasteiger partial charge in [0.25, 0.3) is 0 Å². The Morgan fingerprint density at radius 2 is 1.65 bits per heavy atom. The summed E-state index contributed by atoms with van der Waals surface area (Å²) in [6.45, 7) is 1.08. The summed E-state index contributed by atoms with van der Waals surface area (Å²) in [7, 11) is 0. The van der Waals surface area contributed by atoms with Gasteiger partial charge in [0.15, 0.2) is 0 Å². The number of amides is 1. The van der Waals surface area contributed by atoms with Crippen molar-refractivity contribution in [3.63, 3.8) is 0 Å². The molecule has 1 amide bonds. The topological polar surface area (TPSA) is 84.9 Å². The Kier molecular flexibility index (Phi) is 7.76. The Labute approximate surface area is 156 Å². The summed E-state index contributed by atoms with van der Waals surface area (Å²) in [4.78, 5) is 22.0. The summed E-state index contributed by atoms with van der Waals surface area (Å²) in [6.07, 6.45) is -0.212. The van der Waals surface area contributed by atoms with Gasteiger partial charge in [-0.15, -0.1) is 0 Å². The van der Waals surface area contributed by atoms with E-state index in [0.29, 0.717) is 30.5 Å². The second-order valence-electron chi connectivity index (χ2n) is 5.47. The highest BCUT2D eigenvalue weighted by Gasteiger charge is 2.05. The minimum Gasteiger partial charge on any atom is -0.490 e. The first-order valence-electron chi connectivity index (χ1n) is 8.11. The molecule has 0 saturated carbocycles. The number of benzene rings is 2. The van der Waals surface area contributed by atoms with Crippen LogP contribution in [0.2, 0.25) is 5.02 Å². The molecule has 0 spiro atoms. The van der Waals surface area contributed by atoms with Crippen LogP contribution in [0, 0.1) is 0 Å². The van der Waals surface area contributed by atoms with Crippen molar-refractivity contribution in [2.24, 2.45) is 0 Å². The second kappa shape index (κ2) is 10.3. The van der Waals surface area contributed by atoms with Gasteiger partial charge in [0.2, 0.25) is 5.91 Å². The number of hydrogen-bond donors (Lipinski definition) is 2. The fraction of sp³-hybridized carbons (Fsp3) is 0.263. The van der Waals surface area contributed by atoms with E-state index in [-0.39, 0.29) is 18.7 Å². The molecule has 0 bridgehead atoms. The third-order valence-corrected chi connectivity index (χ3v) is 3.64. The molecule has 6 nitrogen and oxygen atoms in total. The Morgan fingerprint density at radius 3 is 2.35 bits per heavy atom. The minimum atomic E-state index is -0.989. The van der Waals surface area contributed by atoms with E-state index in [1.807, 2.05) is 24.3 Å². The number of carboxylic acids is 1. The van der Waals surface area contributed by atoms with Crippen LogP contribution >= 0.6 is 11.6 Å². The highest BCUT2D eigenvalue weighted by molar-refractivity contribution is 6.30. The van der Waals surface area contributed by atoms with Gasteiger partial charge in [-0.25, -0.2) is 0 Å². The number of carbonyl (C=O) groups excluding carboxylic acids is 1. The van der Waals surface area contributed by atoms with Gasteiger partial charge in [0.1, 0.15) is 24.7 Å². The molecule has 0 aliphatic carbocycles. The van der Waals surface area contributed by atoms with Crippen LogP contribution in [-0.2, 0) is 16.1 Å². The van der Waals surface area contributed by atoms with Crippen molar-refractivity contribution in [1.82, 2.24) is 5.32 Å². The van der Waals surface area contributed by atoms with Gasteiger partial charge in [-0.3, -0.25) is 9.59 Å². The molecule has 0 aliphatic rings. The van der Waals surface area contributed by atoms with Crippen molar-refractivity contribution in [3.8, 4) is 11.5 Å². The summed E-state index contributed by atoms with van der Waals surface area (Å²) < 4.78 is 11.2. The van der Waals surface area contributed by atoms with Gasteiger partial charge in [-0.2, -0.15) is 0 Å². The number of halogens is 1. The van der Waals surface area contributed by atoms with Gasteiger partial charge < -0.3 is 19.9 Å². The van der Waals surface area contributed by atoms with Crippen molar-refractivity contribution in [3.05, 3.63) is 59.1 Å². The lowest BCUT2D eigenvalue weighted by Gasteiger charge is -2.10. The zero-order valence-corrected chi connectivity index (χ0v) is 14.9. The zero-order chi connectivity index (χ0) is 18.8. The summed E-state index contributed by atoms with van der Waals surface area (Å²) in [5.41, 5.74) is 0.866. The molecule has 2 aromatic rings. The Balaban J connectivity index is 1.71. The van der Waals surface area contributed by atoms with Crippen LogP contribution < -0.4 is 14.8 Å². The van der Waals surface area contributed by atoms with Gasteiger partial charge in [-0.1, -0.05) is 23.7 Å². The van der Waals surface area contributed by atoms with Crippen LogP contribution in [0.3, 0.4) is 0 Å². The van der Waals surface area contributed by atoms with Crippen molar-refractivity contribution in [2.45, 2.75) is 19.4 Å². The first kappa shape index (κ1) is 19.6. The third-order valence-electron chi connectivity index (χ3n) is 3.39. The lowest BCUT2D eigenvalue weighted by molar-refractivity contribution is -0.138. The number of carboxylic acid groups (broad SMARTS) is 1. The molecule has 2 rings (SSSR count). The molecular formula is C19H20ClNO5. The van der Waals surface area contributed by atoms with E-state index in [0.717, 1.165) is 11.3 Å². The highest BCUT2D eigenvalue weighted by atomic mass is 35.5. The molecule has 0 heterocycles. The monoisotopic (exact) mass is 377 g/mol. The lowest BCUT2D eigenvalue weighted by atomic mass is 10.2. The standard InChI is InChI=1S/C19H20ClNO5/c20-15-4-6-16(7-5-15)25-10-11-26-17-3-1-2-14(12-17)13-21-18(22)8-9-19(23)24/h1-7,12H,8-11,13H2,(H,21,22)(H,23,24). The van der Waals surface area contributed by atoms with Crippen molar-refractivity contribution >= 4 is 23.5 Å². The average Bonchev–Trinajstić information content (AvgIpc) is 2.63. The maximum atomic E-state index is 11.5.